The van der Waals surface area contributed by atoms with Crippen molar-refractivity contribution in [2.75, 3.05) is 5.73 Å². The molecule has 0 aliphatic heterocycles. The maximum absolute atomic E-state index is 8.81. The molecule has 5 nitrogen and oxygen atoms in total. The van der Waals surface area contributed by atoms with Gasteiger partial charge in [-0.1, -0.05) is 11.6 Å². The second-order valence-electron chi connectivity index (χ2n) is 1.64. The summed E-state index contributed by atoms with van der Waals surface area (Å²) in [5.41, 5.74) is 4.81. The van der Waals surface area contributed by atoms with Gasteiger partial charge >= 0.3 is 0 Å². The number of nitrogen functional groups attached to an aromatic ring is 1. The fourth-order valence-corrected chi connectivity index (χ4v) is 0.678. The number of halogens is 1. The van der Waals surface area contributed by atoms with Crippen LogP contribution >= 0.6 is 11.6 Å². The zero-order valence-corrected chi connectivity index (χ0v) is 5.63. The van der Waals surface area contributed by atoms with Gasteiger partial charge < -0.3 is 10.9 Å². The van der Waals surface area contributed by atoms with E-state index in [1.807, 2.05) is 0 Å². The van der Waals surface area contributed by atoms with Crippen molar-refractivity contribution in [3.63, 3.8) is 0 Å². The van der Waals surface area contributed by atoms with Gasteiger partial charge in [-0.25, -0.2) is 0 Å². The highest BCUT2D eigenvalue weighted by molar-refractivity contribution is 6.29. The highest BCUT2D eigenvalue weighted by Crippen LogP contribution is 2.03. The Morgan fingerprint density at radius 3 is 2.90 bits per heavy atom. The van der Waals surface area contributed by atoms with E-state index in [1.54, 1.807) is 0 Å². The molecule has 0 fully saturated rings. The summed E-state index contributed by atoms with van der Waals surface area (Å²) in [6.07, 6.45) is 0. The van der Waals surface area contributed by atoms with Crippen LogP contribution < -0.4 is 11.4 Å². The predicted molar refractivity (Wildman–Crippen MR) is 34.7 cm³/mol. The van der Waals surface area contributed by atoms with Crippen LogP contribution in [0.15, 0.2) is 6.07 Å². The van der Waals surface area contributed by atoms with Crippen molar-refractivity contribution in [1.82, 2.24) is 9.71 Å². The largest absolute Gasteiger partial charge is 0.423 e. The third kappa shape index (κ3) is 1.03. The lowest BCUT2D eigenvalue weighted by Gasteiger charge is -1.99. The normalized spacial score (nSPS) is 9.70. The number of aromatic nitrogens is 2. The Balaban J connectivity index is 3.46. The standard InChI is InChI=1S/C4H5ClN4O/c5-2-1-3(6)9(10)4(7)8-2/h1,7,10H,6H2. The van der Waals surface area contributed by atoms with Gasteiger partial charge in [-0.05, 0) is 0 Å². The van der Waals surface area contributed by atoms with Crippen molar-refractivity contribution in [3.05, 3.63) is 16.8 Å². The summed E-state index contributed by atoms with van der Waals surface area (Å²) >= 11 is 5.39. The van der Waals surface area contributed by atoms with Gasteiger partial charge in [0.25, 0.3) is 5.62 Å². The fraction of sp³-hybridized carbons (Fsp3) is 0. The summed E-state index contributed by atoms with van der Waals surface area (Å²) in [4.78, 5) is 3.40. The summed E-state index contributed by atoms with van der Waals surface area (Å²) < 4.78 is 0.436. The van der Waals surface area contributed by atoms with Gasteiger partial charge in [0.15, 0.2) is 0 Å². The Morgan fingerprint density at radius 2 is 2.40 bits per heavy atom. The Bertz CT molecular complexity index is 307. The van der Waals surface area contributed by atoms with Crippen molar-refractivity contribution < 1.29 is 5.21 Å². The lowest BCUT2D eigenvalue weighted by molar-refractivity contribution is 0.171. The van der Waals surface area contributed by atoms with Gasteiger partial charge in [0.05, 0.1) is 0 Å². The molecular formula is C4H5ClN4O. The second kappa shape index (κ2) is 2.18. The van der Waals surface area contributed by atoms with E-state index in [-0.39, 0.29) is 16.6 Å². The first-order chi connectivity index (χ1) is 4.61. The van der Waals surface area contributed by atoms with Crippen molar-refractivity contribution in [2.24, 2.45) is 0 Å². The molecule has 1 rings (SSSR count). The minimum atomic E-state index is -0.384. The minimum Gasteiger partial charge on any atom is -0.423 e. The van der Waals surface area contributed by atoms with Crippen LogP contribution in [0.3, 0.4) is 0 Å². The maximum atomic E-state index is 8.81. The van der Waals surface area contributed by atoms with Gasteiger partial charge in [-0.2, -0.15) is 4.98 Å². The molecule has 1 aromatic heterocycles. The number of rotatable bonds is 0. The molecule has 1 heterocycles. The minimum absolute atomic E-state index is 0.00926. The predicted octanol–water partition coefficient (Wildman–Crippen LogP) is -0.165. The average Bonchev–Trinajstić information content (AvgIpc) is 1.82. The van der Waals surface area contributed by atoms with E-state index in [2.05, 4.69) is 4.98 Å². The molecule has 0 amide bonds. The van der Waals surface area contributed by atoms with E-state index in [4.69, 9.17) is 28.0 Å². The number of nitrogens with zero attached hydrogens (tertiary/aromatic N) is 2. The molecule has 0 bridgehead atoms. The van der Waals surface area contributed by atoms with Crippen molar-refractivity contribution >= 4 is 17.4 Å². The molecule has 4 N–H and O–H groups in total. The average molecular weight is 161 g/mol. The highest BCUT2D eigenvalue weighted by Gasteiger charge is 1.97. The van der Waals surface area contributed by atoms with Crippen LogP contribution in [0.2, 0.25) is 5.15 Å². The maximum Gasteiger partial charge on any atom is 0.258 e. The molecule has 0 saturated carbocycles. The van der Waals surface area contributed by atoms with Crippen LogP contribution in [-0.2, 0) is 0 Å². The van der Waals surface area contributed by atoms with Crippen molar-refractivity contribution in [3.8, 4) is 0 Å². The van der Waals surface area contributed by atoms with Crippen LogP contribution in [-0.4, -0.2) is 14.9 Å². The van der Waals surface area contributed by atoms with Gasteiger partial charge in [0.2, 0.25) is 0 Å². The van der Waals surface area contributed by atoms with Gasteiger partial charge in [0.1, 0.15) is 11.0 Å². The first-order valence-electron chi connectivity index (χ1n) is 2.40. The molecule has 0 aromatic carbocycles. The monoisotopic (exact) mass is 160 g/mol. The van der Waals surface area contributed by atoms with Gasteiger partial charge in [0, 0.05) is 6.07 Å². The molecule has 0 radical (unpaired) electrons. The van der Waals surface area contributed by atoms with Gasteiger partial charge in [-0.15, -0.1) is 4.73 Å². The molecular weight excluding hydrogens is 156 g/mol. The SMILES string of the molecule is N=c1nc(Cl)cc(N)n1O. The van der Waals surface area contributed by atoms with Crippen molar-refractivity contribution in [2.45, 2.75) is 0 Å². The smallest absolute Gasteiger partial charge is 0.258 e. The molecule has 0 atom stereocenters. The topological polar surface area (TPSA) is 87.9 Å². The summed E-state index contributed by atoms with van der Waals surface area (Å²) in [5.74, 6) is -0.00926. The quantitative estimate of drug-likeness (QED) is 0.364. The zero-order valence-electron chi connectivity index (χ0n) is 4.87. The van der Waals surface area contributed by atoms with Gasteiger partial charge in [-0.3, -0.25) is 5.41 Å². The Hall–Kier alpha value is -1.23. The Kier molecular flexibility index (Phi) is 1.50. The number of anilines is 1. The third-order valence-corrected chi connectivity index (χ3v) is 1.12. The Morgan fingerprint density at radius 1 is 1.80 bits per heavy atom. The first-order valence-corrected chi connectivity index (χ1v) is 2.78. The number of nitrogens with two attached hydrogens (primary N) is 1. The summed E-state index contributed by atoms with van der Waals surface area (Å²) in [6.45, 7) is 0. The van der Waals surface area contributed by atoms with Crippen LogP contribution in [0.25, 0.3) is 0 Å². The zero-order chi connectivity index (χ0) is 7.72. The molecule has 54 valence electrons. The molecule has 1 aromatic rings. The lowest BCUT2D eigenvalue weighted by Crippen LogP contribution is -2.23. The molecule has 0 saturated heterocycles. The van der Waals surface area contributed by atoms with E-state index in [0.29, 0.717) is 4.73 Å². The van der Waals surface area contributed by atoms with E-state index < -0.39 is 0 Å². The fourth-order valence-electron chi connectivity index (χ4n) is 0.486. The number of hydrogen-bond donors (Lipinski definition) is 3. The number of hydrogen-bond acceptors (Lipinski definition) is 4. The third-order valence-electron chi connectivity index (χ3n) is 0.925. The molecule has 0 aliphatic carbocycles. The van der Waals surface area contributed by atoms with E-state index >= 15 is 0 Å². The summed E-state index contributed by atoms with van der Waals surface area (Å²) in [5, 5.41) is 15.8. The summed E-state index contributed by atoms with van der Waals surface area (Å²) in [7, 11) is 0. The molecule has 6 heteroatoms. The number of nitrogens with one attached hydrogen (secondary N) is 1. The van der Waals surface area contributed by atoms with E-state index in [1.165, 1.54) is 6.07 Å². The van der Waals surface area contributed by atoms with E-state index in [0.717, 1.165) is 0 Å². The van der Waals surface area contributed by atoms with Crippen LogP contribution in [0, 0.1) is 5.41 Å². The molecule has 0 spiro atoms. The van der Waals surface area contributed by atoms with Crippen LogP contribution in [0.4, 0.5) is 5.82 Å². The Labute approximate surface area is 61.2 Å². The highest BCUT2D eigenvalue weighted by atomic mass is 35.5. The first kappa shape index (κ1) is 6.88. The lowest BCUT2D eigenvalue weighted by atomic mass is 10.6. The second-order valence-corrected chi connectivity index (χ2v) is 2.03. The van der Waals surface area contributed by atoms with Crippen molar-refractivity contribution in [1.29, 1.82) is 5.41 Å². The van der Waals surface area contributed by atoms with Crippen LogP contribution in [0.5, 0.6) is 0 Å². The molecule has 0 unspecified atom stereocenters. The molecule has 0 aliphatic rings. The van der Waals surface area contributed by atoms with Crippen LogP contribution in [0.1, 0.15) is 0 Å². The summed E-state index contributed by atoms with van der Waals surface area (Å²) in [6, 6.07) is 1.25. The van der Waals surface area contributed by atoms with E-state index in [9.17, 15) is 0 Å². The molecule has 10 heavy (non-hydrogen) atoms.